The lowest BCUT2D eigenvalue weighted by atomic mass is 10.1. The quantitative estimate of drug-likeness (QED) is 0.101. The third-order valence-electron chi connectivity index (χ3n) is 7.71. The molecule has 0 unspecified atom stereocenters. The number of esters is 1. The van der Waals surface area contributed by atoms with Crippen LogP contribution in [0.5, 0.6) is 5.75 Å². The standard InChI is InChI=1S/C30H39NO5.C6H14O/c1-2-29(32)35-21-13-11-9-7-5-3-4-6-8-10-12-20-34-26-16-14-24(15-17-26)27-22-25-23-31-19-18-28(25)36-30(27)33;1-5-6(2,3)7-4/h14-19,22-23H,2-13,20-21H2,1H3;5H2,1-4H3. The van der Waals surface area contributed by atoms with E-state index in [1.807, 2.05) is 37.3 Å². The predicted octanol–water partition coefficient (Wildman–Crippen LogP) is 9.30. The Morgan fingerprint density at radius 3 is 1.95 bits per heavy atom. The van der Waals surface area contributed by atoms with Gasteiger partial charge in [0.15, 0.2) is 0 Å². The average molecular weight is 596 g/mol. The van der Waals surface area contributed by atoms with Crippen LogP contribution in [0.1, 0.15) is 111 Å². The molecule has 0 aliphatic carbocycles. The third-order valence-corrected chi connectivity index (χ3v) is 7.71. The first kappa shape index (κ1) is 36.0. The fraction of sp³-hybridized carbons (Fsp3) is 0.583. The minimum absolute atomic E-state index is 0.0833. The Labute approximate surface area is 258 Å². The van der Waals surface area contributed by atoms with Crippen molar-refractivity contribution in [1.29, 1.82) is 0 Å². The first-order valence-electron chi connectivity index (χ1n) is 16.1. The molecule has 7 nitrogen and oxygen atoms in total. The number of carbonyl (C=O) groups is 1. The molecule has 2 heterocycles. The summed E-state index contributed by atoms with van der Waals surface area (Å²) in [6.07, 6.45) is 18.1. The van der Waals surface area contributed by atoms with E-state index in [0.717, 1.165) is 42.4 Å². The smallest absolute Gasteiger partial charge is 0.344 e. The summed E-state index contributed by atoms with van der Waals surface area (Å²) < 4.78 is 21.5. The molecule has 0 aliphatic rings. The van der Waals surface area contributed by atoms with Crippen molar-refractivity contribution in [2.24, 2.45) is 0 Å². The lowest BCUT2D eigenvalue weighted by molar-refractivity contribution is -0.143. The largest absolute Gasteiger partial charge is 0.494 e. The van der Waals surface area contributed by atoms with E-state index in [4.69, 9.17) is 18.6 Å². The molecule has 0 atom stereocenters. The number of rotatable bonds is 19. The second-order valence-corrected chi connectivity index (χ2v) is 11.5. The lowest BCUT2D eigenvalue weighted by Gasteiger charge is -2.19. The van der Waals surface area contributed by atoms with Crippen molar-refractivity contribution in [1.82, 2.24) is 4.98 Å². The Morgan fingerprint density at radius 2 is 1.42 bits per heavy atom. The second-order valence-electron chi connectivity index (χ2n) is 11.5. The van der Waals surface area contributed by atoms with Gasteiger partial charge in [-0.05, 0) is 62.9 Å². The molecule has 3 rings (SSSR count). The molecule has 0 spiro atoms. The number of nitrogens with zero attached hydrogens (tertiary/aromatic N) is 1. The Kier molecular flexibility index (Phi) is 17.3. The van der Waals surface area contributed by atoms with Gasteiger partial charge in [-0.15, -0.1) is 0 Å². The van der Waals surface area contributed by atoms with E-state index in [1.54, 1.807) is 25.6 Å². The van der Waals surface area contributed by atoms with E-state index >= 15 is 0 Å². The van der Waals surface area contributed by atoms with Crippen molar-refractivity contribution in [3.8, 4) is 16.9 Å². The van der Waals surface area contributed by atoms with Gasteiger partial charge in [0.2, 0.25) is 0 Å². The van der Waals surface area contributed by atoms with Crippen molar-refractivity contribution < 1.29 is 23.4 Å². The van der Waals surface area contributed by atoms with Gasteiger partial charge in [-0.2, -0.15) is 0 Å². The number of methoxy groups -OCH3 is 1. The molecule has 1 aromatic carbocycles. The first-order chi connectivity index (χ1) is 20.8. The van der Waals surface area contributed by atoms with E-state index in [1.165, 1.54) is 51.4 Å². The van der Waals surface area contributed by atoms with Crippen LogP contribution < -0.4 is 10.4 Å². The van der Waals surface area contributed by atoms with Gasteiger partial charge in [-0.25, -0.2) is 4.79 Å². The van der Waals surface area contributed by atoms with Crippen LogP contribution in [0.15, 0.2) is 58.0 Å². The number of benzene rings is 1. The SMILES string of the molecule is CCC(=O)OCCCCCCCCCCCCCOc1ccc(-c2cc3cnccc3oc2=O)cc1.CCC(C)(C)OC. The number of pyridine rings is 1. The number of ether oxygens (including phenoxy) is 3. The molecule has 0 amide bonds. The lowest BCUT2D eigenvalue weighted by Crippen LogP contribution is -2.20. The second kappa shape index (κ2) is 20.7. The van der Waals surface area contributed by atoms with E-state index in [2.05, 4.69) is 25.8 Å². The average Bonchev–Trinajstić information content (AvgIpc) is 3.03. The van der Waals surface area contributed by atoms with Crippen LogP contribution in [0.4, 0.5) is 0 Å². The maximum atomic E-state index is 12.3. The Morgan fingerprint density at radius 1 is 0.837 bits per heavy atom. The van der Waals surface area contributed by atoms with Gasteiger partial charge in [0.05, 0.1) is 24.4 Å². The van der Waals surface area contributed by atoms with Crippen LogP contribution in [-0.4, -0.2) is 36.9 Å². The van der Waals surface area contributed by atoms with Crippen LogP contribution in [0.3, 0.4) is 0 Å². The summed E-state index contributed by atoms with van der Waals surface area (Å²) >= 11 is 0. The highest BCUT2D eigenvalue weighted by Gasteiger charge is 2.11. The molecule has 0 saturated heterocycles. The van der Waals surface area contributed by atoms with Crippen molar-refractivity contribution >= 4 is 16.9 Å². The van der Waals surface area contributed by atoms with Crippen LogP contribution in [0.2, 0.25) is 0 Å². The van der Waals surface area contributed by atoms with Crippen molar-refractivity contribution in [3.63, 3.8) is 0 Å². The Hall–Kier alpha value is -3.19. The van der Waals surface area contributed by atoms with Crippen molar-refractivity contribution in [3.05, 3.63) is 59.2 Å². The molecule has 3 aromatic rings. The number of carbonyl (C=O) groups excluding carboxylic acids is 1. The summed E-state index contributed by atoms with van der Waals surface area (Å²) in [5.74, 6) is 0.720. The van der Waals surface area contributed by atoms with Gasteiger partial charge in [0, 0.05) is 31.3 Å². The molecular formula is C36H53NO6. The Balaban J connectivity index is 0.000000821. The summed E-state index contributed by atoms with van der Waals surface area (Å²) in [6, 6.07) is 11.1. The van der Waals surface area contributed by atoms with Gasteiger partial charge < -0.3 is 18.6 Å². The maximum Gasteiger partial charge on any atom is 0.344 e. The topological polar surface area (TPSA) is 87.9 Å². The van der Waals surface area contributed by atoms with Crippen LogP contribution in [-0.2, 0) is 14.3 Å². The summed E-state index contributed by atoms with van der Waals surface area (Å²) in [4.78, 5) is 27.5. The van der Waals surface area contributed by atoms with Gasteiger partial charge in [-0.1, -0.05) is 83.8 Å². The highest BCUT2D eigenvalue weighted by atomic mass is 16.5. The fourth-order valence-corrected chi connectivity index (χ4v) is 4.31. The van der Waals surface area contributed by atoms with Gasteiger partial charge in [0.25, 0.3) is 0 Å². The summed E-state index contributed by atoms with van der Waals surface area (Å²) in [5, 5.41) is 0.802. The van der Waals surface area contributed by atoms with E-state index in [-0.39, 0.29) is 17.2 Å². The number of unbranched alkanes of at least 4 members (excludes halogenated alkanes) is 10. The molecule has 0 aliphatic heterocycles. The maximum absolute atomic E-state index is 12.3. The van der Waals surface area contributed by atoms with Crippen LogP contribution in [0, 0.1) is 0 Å². The van der Waals surface area contributed by atoms with E-state index in [9.17, 15) is 9.59 Å². The highest BCUT2D eigenvalue weighted by Crippen LogP contribution is 2.23. The number of aromatic nitrogens is 1. The molecule has 0 bridgehead atoms. The molecule has 0 saturated carbocycles. The van der Waals surface area contributed by atoms with Crippen LogP contribution >= 0.6 is 0 Å². The minimum atomic E-state index is -0.353. The Bertz CT molecular complexity index is 1230. The normalized spacial score (nSPS) is 11.2. The van der Waals surface area contributed by atoms with Crippen molar-refractivity contribution in [2.75, 3.05) is 20.3 Å². The van der Waals surface area contributed by atoms with E-state index < -0.39 is 0 Å². The van der Waals surface area contributed by atoms with Gasteiger partial charge in [-0.3, -0.25) is 9.78 Å². The molecule has 0 N–H and O–H groups in total. The predicted molar refractivity (Wildman–Crippen MR) is 175 cm³/mol. The summed E-state index contributed by atoms with van der Waals surface area (Å²) in [5.41, 5.74) is 1.60. The summed E-state index contributed by atoms with van der Waals surface area (Å²) in [6.45, 7) is 9.37. The number of fused-ring (bicyclic) bond motifs is 1. The number of hydrogen-bond donors (Lipinski definition) is 0. The zero-order valence-electron chi connectivity index (χ0n) is 27.1. The molecule has 0 radical (unpaired) electrons. The molecule has 238 valence electrons. The zero-order valence-corrected chi connectivity index (χ0v) is 27.1. The molecular weight excluding hydrogens is 542 g/mol. The highest BCUT2D eigenvalue weighted by molar-refractivity contribution is 5.80. The fourth-order valence-electron chi connectivity index (χ4n) is 4.31. The summed E-state index contributed by atoms with van der Waals surface area (Å²) in [7, 11) is 1.74. The third kappa shape index (κ3) is 14.7. The first-order valence-corrected chi connectivity index (χ1v) is 16.1. The van der Waals surface area contributed by atoms with Gasteiger partial charge in [0.1, 0.15) is 11.3 Å². The van der Waals surface area contributed by atoms with Gasteiger partial charge >= 0.3 is 11.6 Å². The van der Waals surface area contributed by atoms with Crippen molar-refractivity contribution in [2.45, 2.75) is 117 Å². The minimum Gasteiger partial charge on any atom is -0.494 e. The molecule has 43 heavy (non-hydrogen) atoms. The molecule has 7 heteroatoms. The van der Waals surface area contributed by atoms with E-state index in [0.29, 0.717) is 30.8 Å². The molecule has 2 aromatic heterocycles. The zero-order chi connectivity index (χ0) is 31.3. The molecule has 0 fully saturated rings. The monoisotopic (exact) mass is 595 g/mol. The number of hydrogen-bond acceptors (Lipinski definition) is 7. The van der Waals surface area contributed by atoms with Crippen LogP contribution in [0.25, 0.3) is 22.1 Å².